The van der Waals surface area contributed by atoms with Gasteiger partial charge in [0.05, 0.1) is 12.5 Å². The fourth-order valence-electron chi connectivity index (χ4n) is 1.67. The molecule has 0 N–H and O–H groups in total. The van der Waals surface area contributed by atoms with E-state index in [9.17, 15) is 9.59 Å². The number of likely N-dealkylation sites (tertiary alicyclic amines) is 1. The number of carbonyl (C=O) groups excluding carboxylic acids is 2. The molecule has 0 aromatic rings. The van der Waals surface area contributed by atoms with Gasteiger partial charge in [0.15, 0.2) is 0 Å². The fraction of sp³-hybridized carbons (Fsp3) is 0.833. The number of hydrogen-bond acceptors (Lipinski definition) is 5. The van der Waals surface area contributed by atoms with Gasteiger partial charge < -0.3 is 9.47 Å². The molecule has 0 amide bonds. The topological polar surface area (TPSA) is 55.8 Å². The van der Waals surface area contributed by atoms with Crippen molar-refractivity contribution in [1.29, 1.82) is 0 Å². The summed E-state index contributed by atoms with van der Waals surface area (Å²) in [6.45, 7) is 5.38. The second kappa shape index (κ2) is 7.27. The average Bonchev–Trinajstić information content (AvgIpc) is 2.30. The first-order valence-corrected chi connectivity index (χ1v) is 6.14. The van der Waals surface area contributed by atoms with Crippen LogP contribution >= 0.6 is 0 Å². The molecule has 0 spiro atoms. The van der Waals surface area contributed by atoms with Gasteiger partial charge in [-0.2, -0.15) is 0 Å². The van der Waals surface area contributed by atoms with Crippen LogP contribution in [0.4, 0.5) is 0 Å². The minimum absolute atomic E-state index is 0.198. The first kappa shape index (κ1) is 14.0. The van der Waals surface area contributed by atoms with E-state index in [1.807, 2.05) is 0 Å². The van der Waals surface area contributed by atoms with Crippen molar-refractivity contribution in [1.82, 2.24) is 4.90 Å². The standard InChI is InChI=1S/C12H21NO4/c1-10(2)12(15)17-9-16-11(14)8-13-6-4-3-5-7-13/h10H,3-9H2,1-2H3. The smallest absolute Gasteiger partial charge is 0.323 e. The van der Waals surface area contributed by atoms with Crippen molar-refractivity contribution in [3.63, 3.8) is 0 Å². The molecule has 98 valence electrons. The summed E-state index contributed by atoms with van der Waals surface area (Å²) in [5, 5.41) is 0. The molecule has 1 saturated heterocycles. The molecule has 5 heteroatoms. The van der Waals surface area contributed by atoms with Gasteiger partial charge in [-0.3, -0.25) is 14.5 Å². The van der Waals surface area contributed by atoms with E-state index < -0.39 is 0 Å². The summed E-state index contributed by atoms with van der Waals surface area (Å²) in [5.74, 6) is -0.880. The Morgan fingerprint density at radius 1 is 1.12 bits per heavy atom. The molecule has 0 aliphatic carbocycles. The number of carbonyl (C=O) groups is 2. The molecule has 5 nitrogen and oxygen atoms in total. The summed E-state index contributed by atoms with van der Waals surface area (Å²) in [6, 6.07) is 0. The van der Waals surface area contributed by atoms with Crippen molar-refractivity contribution < 1.29 is 19.1 Å². The third-order valence-electron chi connectivity index (χ3n) is 2.69. The van der Waals surface area contributed by atoms with Gasteiger partial charge in [0.25, 0.3) is 0 Å². The monoisotopic (exact) mass is 243 g/mol. The van der Waals surface area contributed by atoms with Crippen LogP contribution < -0.4 is 0 Å². The van der Waals surface area contributed by atoms with E-state index in [0.29, 0.717) is 6.54 Å². The lowest BCUT2D eigenvalue weighted by Crippen LogP contribution is -2.35. The molecule has 1 heterocycles. The van der Waals surface area contributed by atoms with Gasteiger partial charge in [0.1, 0.15) is 0 Å². The number of piperidine rings is 1. The van der Waals surface area contributed by atoms with Crippen LogP contribution in [0.25, 0.3) is 0 Å². The van der Waals surface area contributed by atoms with Gasteiger partial charge in [-0.1, -0.05) is 20.3 Å². The minimum atomic E-state index is -0.351. The molecule has 0 unspecified atom stereocenters. The molecule has 1 fully saturated rings. The van der Waals surface area contributed by atoms with Gasteiger partial charge >= 0.3 is 11.9 Å². The molecular weight excluding hydrogens is 222 g/mol. The Balaban J connectivity index is 2.10. The number of hydrogen-bond donors (Lipinski definition) is 0. The van der Waals surface area contributed by atoms with Crippen LogP contribution in [0.3, 0.4) is 0 Å². The summed E-state index contributed by atoms with van der Waals surface area (Å²) in [5.41, 5.74) is 0. The van der Waals surface area contributed by atoms with Crippen molar-refractivity contribution in [2.75, 3.05) is 26.4 Å². The second-order valence-electron chi connectivity index (χ2n) is 4.59. The maximum Gasteiger partial charge on any atom is 0.323 e. The highest BCUT2D eigenvalue weighted by molar-refractivity contribution is 5.73. The Kier molecular flexibility index (Phi) is 5.97. The molecule has 1 aliphatic rings. The number of rotatable bonds is 5. The maximum atomic E-state index is 11.4. The molecule has 0 atom stereocenters. The Morgan fingerprint density at radius 3 is 2.35 bits per heavy atom. The first-order chi connectivity index (χ1) is 8.09. The number of nitrogens with zero attached hydrogens (tertiary/aromatic N) is 1. The van der Waals surface area contributed by atoms with E-state index in [0.717, 1.165) is 25.9 Å². The van der Waals surface area contributed by atoms with Gasteiger partial charge in [0, 0.05) is 0 Å². The second-order valence-corrected chi connectivity index (χ2v) is 4.59. The van der Waals surface area contributed by atoms with E-state index in [1.165, 1.54) is 6.42 Å². The van der Waals surface area contributed by atoms with Gasteiger partial charge in [-0.05, 0) is 25.9 Å². The summed E-state index contributed by atoms with van der Waals surface area (Å²) < 4.78 is 9.60. The molecule has 0 radical (unpaired) electrons. The van der Waals surface area contributed by atoms with E-state index in [-0.39, 0.29) is 24.6 Å². The molecule has 0 saturated carbocycles. The zero-order chi connectivity index (χ0) is 12.7. The first-order valence-electron chi connectivity index (χ1n) is 6.14. The summed E-state index contributed by atoms with van der Waals surface area (Å²) in [6.07, 6.45) is 3.50. The van der Waals surface area contributed by atoms with Crippen molar-refractivity contribution >= 4 is 11.9 Å². The highest BCUT2D eigenvalue weighted by atomic mass is 16.7. The zero-order valence-electron chi connectivity index (χ0n) is 10.6. The molecule has 0 bridgehead atoms. The van der Waals surface area contributed by atoms with Crippen LogP contribution in [-0.4, -0.2) is 43.3 Å². The van der Waals surface area contributed by atoms with Gasteiger partial charge in [0.2, 0.25) is 6.79 Å². The van der Waals surface area contributed by atoms with E-state index >= 15 is 0 Å². The third kappa shape index (κ3) is 5.68. The normalized spacial score (nSPS) is 16.9. The minimum Gasteiger partial charge on any atom is -0.428 e. The lowest BCUT2D eigenvalue weighted by Gasteiger charge is -2.25. The Labute approximate surface area is 102 Å². The Bertz CT molecular complexity index is 259. The number of ether oxygens (including phenoxy) is 2. The summed E-state index contributed by atoms with van der Waals surface area (Å²) >= 11 is 0. The van der Waals surface area contributed by atoms with Crippen LogP contribution in [-0.2, 0) is 19.1 Å². The summed E-state index contributed by atoms with van der Waals surface area (Å²) in [7, 11) is 0. The summed E-state index contributed by atoms with van der Waals surface area (Å²) in [4.78, 5) is 24.6. The Morgan fingerprint density at radius 2 is 1.76 bits per heavy atom. The highest BCUT2D eigenvalue weighted by Gasteiger charge is 2.15. The molecule has 0 aromatic carbocycles. The van der Waals surface area contributed by atoms with Crippen molar-refractivity contribution in [2.45, 2.75) is 33.1 Å². The van der Waals surface area contributed by atoms with Gasteiger partial charge in [-0.15, -0.1) is 0 Å². The lowest BCUT2D eigenvalue weighted by atomic mass is 10.1. The van der Waals surface area contributed by atoms with Crippen LogP contribution in [0.15, 0.2) is 0 Å². The van der Waals surface area contributed by atoms with Crippen LogP contribution in [0.2, 0.25) is 0 Å². The molecular formula is C12H21NO4. The lowest BCUT2D eigenvalue weighted by molar-refractivity contribution is -0.170. The molecule has 0 aromatic heterocycles. The predicted octanol–water partition coefficient (Wildman–Crippen LogP) is 1.17. The van der Waals surface area contributed by atoms with Crippen molar-refractivity contribution in [3.8, 4) is 0 Å². The van der Waals surface area contributed by atoms with Crippen LogP contribution in [0.5, 0.6) is 0 Å². The van der Waals surface area contributed by atoms with Crippen molar-refractivity contribution in [2.24, 2.45) is 5.92 Å². The van der Waals surface area contributed by atoms with Crippen molar-refractivity contribution in [3.05, 3.63) is 0 Å². The molecule has 1 aliphatic heterocycles. The van der Waals surface area contributed by atoms with E-state index in [1.54, 1.807) is 13.8 Å². The van der Waals surface area contributed by atoms with Crippen LogP contribution in [0.1, 0.15) is 33.1 Å². The average molecular weight is 243 g/mol. The third-order valence-corrected chi connectivity index (χ3v) is 2.69. The van der Waals surface area contributed by atoms with Gasteiger partial charge in [-0.25, -0.2) is 0 Å². The Hall–Kier alpha value is -1.10. The SMILES string of the molecule is CC(C)C(=O)OCOC(=O)CN1CCCCC1. The molecule has 1 rings (SSSR count). The largest absolute Gasteiger partial charge is 0.428 e. The van der Waals surface area contributed by atoms with Crippen LogP contribution in [0, 0.1) is 5.92 Å². The van der Waals surface area contributed by atoms with E-state index in [2.05, 4.69) is 4.90 Å². The van der Waals surface area contributed by atoms with E-state index in [4.69, 9.17) is 9.47 Å². The predicted molar refractivity (Wildman–Crippen MR) is 62.2 cm³/mol. The number of esters is 2. The quantitative estimate of drug-likeness (QED) is 0.536. The zero-order valence-corrected chi connectivity index (χ0v) is 10.6. The maximum absolute atomic E-state index is 11.4. The molecule has 17 heavy (non-hydrogen) atoms. The fourth-order valence-corrected chi connectivity index (χ4v) is 1.67. The highest BCUT2D eigenvalue weighted by Crippen LogP contribution is 2.08.